The Kier molecular flexibility index (Phi) is 9.74. The molecule has 1 N–H and O–H groups in total. The number of piperidine rings is 2. The van der Waals surface area contributed by atoms with Crippen LogP contribution >= 0.6 is 11.8 Å². The summed E-state index contributed by atoms with van der Waals surface area (Å²) in [6.45, 7) is 9.44. The van der Waals surface area contributed by atoms with Gasteiger partial charge in [0.15, 0.2) is 5.65 Å². The zero-order valence-electron chi connectivity index (χ0n) is 29.1. The van der Waals surface area contributed by atoms with Crippen LogP contribution in [-0.2, 0) is 9.59 Å². The quantitative estimate of drug-likeness (QED) is 0.216. The number of amides is 2. The highest BCUT2D eigenvalue weighted by atomic mass is 32.2. The van der Waals surface area contributed by atoms with E-state index in [1.54, 1.807) is 16.8 Å². The second-order valence-corrected chi connectivity index (χ2v) is 16.3. The van der Waals surface area contributed by atoms with E-state index in [1.807, 2.05) is 40.4 Å². The molecule has 268 valence electrons. The van der Waals surface area contributed by atoms with E-state index in [9.17, 15) is 14.4 Å². The number of halogens is 1. The number of thioether (sulfide) groups is 1. The summed E-state index contributed by atoms with van der Waals surface area (Å²) in [6.07, 6.45) is 9.28. The van der Waals surface area contributed by atoms with Crippen LogP contribution in [-0.4, -0.2) is 79.1 Å². The van der Waals surface area contributed by atoms with Crippen molar-refractivity contribution < 1.29 is 16.8 Å². The van der Waals surface area contributed by atoms with Gasteiger partial charge in [-0.15, -0.1) is 11.8 Å². The van der Waals surface area contributed by atoms with E-state index in [1.165, 1.54) is 23.4 Å². The van der Waals surface area contributed by atoms with Crippen LogP contribution < -0.4 is 10.6 Å². The molecule has 6 heterocycles. The molecular weight excluding hydrogens is 654 g/mol. The molecule has 2 atom stereocenters. The number of aromatic nitrogens is 4. The van der Waals surface area contributed by atoms with Gasteiger partial charge in [0.05, 0.1) is 16.5 Å². The number of hydrogen-bond donors (Lipinski definition) is 1. The highest BCUT2D eigenvalue weighted by Gasteiger charge is 2.44. The lowest BCUT2D eigenvalue weighted by atomic mass is 9.89. The van der Waals surface area contributed by atoms with Gasteiger partial charge in [-0.2, -0.15) is 0 Å². The molecule has 0 spiro atoms. The van der Waals surface area contributed by atoms with Gasteiger partial charge in [-0.05, 0) is 79.3 Å². The van der Waals surface area contributed by atoms with Crippen LogP contribution in [0.3, 0.4) is 0 Å². The van der Waals surface area contributed by atoms with Gasteiger partial charge in [0.2, 0.25) is 11.8 Å². The van der Waals surface area contributed by atoms with Gasteiger partial charge in [0, 0.05) is 72.2 Å². The summed E-state index contributed by atoms with van der Waals surface area (Å²) < 4.78 is 17.6. The maximum atomic E-state index is 15.9. The molecule has 3 saturated heterocycles. The first kappa shape index (κ1) is 34.3. The number of carbonyl (C=O) groups excluding carboxylic acids is 2. The van der Waals surface area contributed by atoms with Crippen molar-refractivity contribution in [3.05, 3.63) is 88.5 Å². The molecule has 12 heteroatoms. The third-order valence-corrected chi connectivity index (χ3v) is 12.0. The van der Waals surface area contributed by atoms with Gasteiger partial charge in [-0.25, -0.2) is 14.2 Å². The zero-order chi connectivity index (χ0) is 35.0. The third-order valence-electron chi connectivity index (χ3n) is 10.5. The number of nitrogens with one attached hydrogen (secondary N) is 1. The van der Waals surface area contributed by atoms with E-state index in [-0.39, 0.29) is 49.4 Å². The summed E-state index contributed by atoms with van der Waals surface area (Å²) in [7, 11) is 0. The predicted octanol–water partition coefficient (Wildman–Crippen LogP) is 6.77. The van der Waals surface area contributed by atoms with Crippen molar-refractivity contribution in [2.75, 3.05) is 37.6 Å². The first-order valence-electron chi connectivity index (χ1n) is 17.8. The lowest BCUT2D eigenvalue weighted by Gasteiger charge is -2.37. The number of H-pyrrole nitrogens is 1. The molecule has 2 amide bonds. The number of rotatable bonds is 8. The minimum atomic E-state index is -0.555. The van der Waals surface area contributed by atoms with E-state index in [0.29, 0.717) is 62.8 Å². The monoisotopic (exact) mass is 703 g/mol. The number of benzene rings is 1. The minimum Gasteiger partial charge on any atom is -0.369 e. The lowest BCUT2D eigenvalue weighted by Crippen LogP contribution is -2.42. The Hall–Kier alpha value is -4.19. The van der Waals surface area contributed by atoms with Crippen molar-refractivity contribution in [2.24, 2.45) is 5.41 Å². The van der Waals surface area contributed by atoms with E-state index >= 15 is 4.39 Å². The van der Waals surface area contributed by atoms with Gasteiger partial charge >= 0.3 is 5.69 Å². The van der Waals surface area contributed by atoms with Gasteiger partial charge in [-0.3, -0.25) is 24.1 Å². The molecule has 3 fully saturated rings. The van der Waals surface area contributed by atoms with E-state index < -0.39 is 5.25 Å². The molecule has 1 unspecified atom stereocenters. The summed E-state index contributed by atoms with van der Waals surface area (Å²) in [4.78, 5) is 57.8. The lowest BCUT2D eigenvalue weighted by molar-refractivity contribution is -0.136. The first-order chi connectivity index (χ1) is 24.1. The van der Waals surface area contributed by atoms with Crippen molar-refractivity contribution >= 4 is 40.4 Å². The number of fused-ring (bicyclic) bond motifs is 1. The van der Waals surface area contributed by atoms with E-state index in [4.69, 9.17) is 0 Å². The average molecular weight is 704 g/mol. The SMILES string of the molecule is CC(C)(C)CCN1C(=O)[C@H](CC(=O)N2CCC(n3c(=O)[nH]c4ncccc43)CC2)SC1c1cccc(F)c1N1CCC(c2ccncc2)CC1.[HH].[HH]. The third kappa shape index (κ3) is 7.04. The summed E-state index contributed by atoms with van der Waals surface area (Å²) in [5.74, 6) is 0.00499. The Morgan fingerprint density at radius 3 is 2.44 bits per heavy atom. The standard InChI is InChI=1S/C38H46FN7O3S.2H2/c1-38(2,3)15-23-45-35(48)31(24-32(47)43-21-13-27(14-22-43)46-30-8-5-16-41-34(30)42-37(46)49)50-36(45)28-6-4-7-29(39)33(28)44-19-11-26(12-20-44)25-9-17-40-18-10-25;;/h4-10,16-18,26-27,31,36H,11-15,19-24H2,1-3H3,(H,41,42,49);2*1H/t31-,36?;;/m0../s1. The zero-order valence-corrected chi connectivity index (χ0v) is 29.9. The van der Waals surface area contributed by atoms with Gasteiger partial charge < -0.3 is 14.7 Å². The van der Waals surface area contributed by atoms with Crippen molar-refractivity contribution in [3.63, 3.8) is 0 Å². The molecular formula is C38H50FN7O3S. The number of carbonyl (C=O) groups is 2. The van der Waals surface area contributed by atoms with Crippen molar-refractivity contribution in [1.29, 1.82) is 0 Å². The average Bonchev–Trinajstić information content (AvgIpc) is 3.62. The largest absolute Gasteiger partial charge is 0.369 e. The van der Waals surface area contributed by atoms with Crippen LogP contribution in [0.25, 0.3) is 11.2 Å². The molecule has 3 aliphatic rings. The smallest absolute Gasteiger partial charge is 0.327 e. The van der Waals surface area contributed by atoms with Crippen LogP contribution in [0.1, 0.15) is 90.6 Å². The van der Waals surface area contributed by atoms with Crippen LogP contribution in [0.2, 0.25) is 0 Å². The Bertz CT molecular complexity index is 1900. The molecule has 50 heavy (non-hydrogen) atoms. The minimum absolute atomic E-state index is 0. The summed E-state index contributed by atoms with van der Waals surface area (Å²) >= 11 is 1.48. The highest BCUT2D eigenvalue weighted by molar-refractivity contribution is 8.01. The van der Waals surface area contributed by atoms with Crippen LogP contribution in [0.4, 0.5) is 10.1 Å². The number of likely N-dealkylation sites (tertiary alicyclic amines) is 1. The van der Waals surface area contributed by atoms with Gasteiger partial charge in [-0.1, -0.05) is 32.9 Å². The summed E-state index contributed by atoms with van der Waals surface area (Å²) in [6, 6.07) is 13.0. The number of para-hydroxylation sites is 1. The molecule has 0 saturated carbocycles. The Labute approximate surface area is 299 Å². The maximum Gasteiger partial charge on any atom is 0.327 e. The van der Waals surface area contributed by atoms with Gasteiger partial charge in [0.25, 0.3) is 0 Å². The van der Waals surface area contributed by atoms with Crippen molar-refractivity contribution in [2.45, 2.75) is 81.9 Å². The fraction of sp³-hybridized carbons (Fsp3) is 0.500. The normalized spacial score (nSPS) is 21.0. The molecule has 0 bridgehead atoms. The molecule has 3 aliphatic heterocycles. The topological polar surface area (TPSA) is 107 Å². The van der Waals surface area contributed by atoms with Gasteiger partial charge in [0.1, 0.15) is 11.2 Å². The number of pyridine rings is 2. The Morgan fingerprint density at radius 2 is 1.72 bits per heavy atom. The van der Waals surface area contributed by atoms with E-state index in [2.05, 4.69) is 52.8 Å². The fourth-order valence-electron chi connectivity index (χ4n) is 7.77. The molecule has 10 nitrogen and oxygen atoms in total. The fourth-order valence-corrected chi connectivity index (χ4v) is 9.26. The second-order valence-electron chi connectivity index (χ2n) is 15.0. The van der Waals surface area contributed by atoms with E-state index in [0.717, 1.165) is 30.3 Å². The number of anilines is 1. The molecule has 0 aliphatic carbocycles. The molecule has 3 aromatic heterocycles. The van der Waals surface area contributed by atoms with Crippen molar-refractivity contribution in [3.8, 4) is 0 Å². The van der Waals surface area contributed by atoms with Crippen LogP contribution in [0.15, 0.2) is 65.8 Å². The van der Waals surface area contributed by atoms with Crippen molar-refractivity contribution in [1.82, 2.24) is 29.3 Å². The molecule has 7 rings (SSSR count). The Morgan fingerprint density at radius 1 is 0.980 bits per heavy atom. The number of hydrogen-bond acceptors (Lipinski definition) is 7. The number of imidazole rings is 1. The molecule has 1 aromatic carbocycles. The highest BCUT2D eigenvalue weighted by Crippen LogP contribution is 2.49. The van der Waals surface area contributed by atoms with Crippen LogP contribution in [0, 0.1) is 11.2 Å². The maximum absolute atomic E-state index is 15.9. The number of aromatic amines is 1. The number of nitrogens with zero attached hydrogens (tertiary/aromatic N) is 6. The second kappa shape index (κ2) is 14.2. The molecule has 4 aromatic rings. The Balaban J connectivity index is 0.00000261. The summed E-state index contributed by atoms with van der Waals surface area (Å²) in [5, 5.41) is -0.944. The molecule has 0 radical (unpaired) electrons. The van der Waals surface area contributed by atoms with Crippen LogP contribution in [0.5, 0.6) is 0 Å². The predicted molar refractivity (Wildman–Crippen MR) is 199 cm³/mol. The first-order valence-corrected chi connectivity index (χ1v) is 18.7. The summed E-state index contributed by atoms with van der Waals surface area (Å²) in [5.41, 5.74) is 3.78.